The molecule has 1 unspecified atom stereocenters. The molecule has 0 saturated carbocycles. The Labute approximate surface area is 106 Å². The summed E-state index contributed by atoms with van der Waals surface area (Å²) < 4.78 is 0. The molecular formula is C11H19N3O4. The summed E-state index contributed by atoms with van der Waals surface area (Å²) in [5.41, 5.74) is 4.84. The van der Waals surface area contributed by atoms with Gasteiger partial charge in [-0.3, -0.25) is 9.59 Å². The van der Waals surface area contributed by atoms with Gasteiger partial charge >= 0.3 is 11.9 Å². The smallest absolute Gasteiger partial charge is 0.321 e. The van der Waals surface area contributed by atoms with Crippen LogP contribution in [0.1, 0.15) is 13.3 Å². The zero-order valence-electron chi connectivity index (χ0n) is 10.3. The van der Waals surface area contributed by atoms with Crippen molar-refractivity contribution in [1.82, 2.24) is 9.80 Å². The van der Waals surface area contributed by atoms with Gasteiger partial charge in [0.15, 0.2) is 0 Å². The van der Waals surface area contributed by atoms with E-state index in [4.69, 9.17) is 15.9 Å². The lowest BCUT2D eigenvalue weighted by atomic mass is 10.2. The molecule has 1 rings (SSSR count). The van der Waals surface area contributed by atoms with Crippen LogP contribution in [0, 0.1) is 0 Å². The fraction of sp³-hybridized carbons (Fsp3) is 0.455. The second kappa shape index (κ2) is 8.13. The first-order chi connectivity index (χ1) is 8.40. The van der Waals surface area contributed by atoms with Crippen LogP contribution in [-0.4, -0.2) is 51.2 Å². The maximum Gasteiger partial charge on any atom is 0.321 e. The van der Waals surface area contributed by atoms with Crippen molar-refractivity contribution in [1.29, 1.82) is 0 Å². The van der Waals surface area contributed by atoms with Gasteiger partial charge in [0.05, 0.1) is 13.1 Å². The number of nitrogens with zero attached hydrogens (tertiary/aromatic N) is 2. The lowest BCUT2D eigenvalue weighted by molar-refractivity contribution is -0.144. The average molecular weight is 257 g/mol. The van der Waals surface area contributed by atoms with E-state index in [9.17, 15) is 9.59 Å². The van der Waals surface area contributed by atoms with Crippen LogP contribution < -0.4 is 5.73 Å². The maximum absolute atomic E-state index is 9.85. The normalized spacial score (nSPS) is 14.8. The number of carbonyl (C=O) groups is 2. The molecule has 1 aliphatic rings. The Bertz CT molecular complexity index is 330. The van der Waals surface area contributed by atoms with Crippen molar-refractivity contribution < 1.29 is 19.8 Å². The van der Waals surface area contributed by atoms with Gasteiger partial charge in [0.1, 0.15) is 6.04 Å². The van der Waals surface area contributed by atoms with E-state index in [1.54, 1.807) is 0 Å². The molecule has 102 valence electrons. The zero-order chi connectivity index (χ0) is 14.1. The van der Waals surface area contributed by atoms with Crippen LogP contribution in [-0.2, 0) is 9.59 Å². The summed E-state index contributed by atoms with van der Waals surface area (Å²) in [4.78, 5) is 23.9. The third-order valence-corrected chi connectivity index (χ3v) is 2.17. The van der Waals surface area contributed by atoms with Gasteiger partial charge in [-0.1, -0.05) is 6.58 Å². The van der Waals surface area contributed by atoms with Gasteiger partial charge in [-0.2, -0.15) is 0 Å². The molecule has 0 saturated heterocycles. The van der Waals surface area contributed by atoms with Gasteiger partial charge < -0.3 is 25.7 Å². The number of rotatable bonds is 5. The molecule has 7 nitrogen and oxygen atoms in total. The Kier molecular flexibility index (Phi) is 7.22. The molecule has 0 radical (unpaired) electrons. The first-order valence-corrected chi connectivity index (χ1v) is 5.41. The molecule has 0 bridgehead atoms. The number of carboxylic acids is 2. The van der Waals surface area contributed by atoms with Crippen molar-refractivity contribution in [2.75, 3.05) is 13.2 Å². The summed E-state index contributed by atoms with van der Waals surface area (Å²) >= 11 is 0. The van der Waals surface area contributed by atoms with Crippen molar-refractivity contribution >= 4 is 11.9 Å². The predicted octanol–water partition coefficient (Wildman–Crippen LogP) is 0.0691. The standard InChI is InChI=1S/C7H12N2.C4H7NO4/c1-3-8-5-6-9(4-2)7-8;5-2(4(8)9)1-3(6)7/h3,5-6H,1,4,7H2,2H3;2H,1,5H2,(H,6,7)(H,8,9). The Hall–Kier alpha value is -2.02. The molecule has 0 aliphatic carbocycles. The number of hydrogen-bond donors (Lipinski definition) is 3. The number of aliphatic carboxylic acids is 2. The van der Waals surface area contributed by atoms with E-state index in [-0.39, 0.29) is 0 Å². The summed E-state index contributed by atoms with van der Waals surface area (Å²) in [6.07, 6.45) is 5.39. The SMILES string of the molecule is C=CN1C=CN(CC)C1.NC(CC(=O)O)C(=O)O. The average Bonchev–Trinajstić information content (AvgIpc) is 2.76. The summed E-state index contributed by atoms with van der Waals surface area (Å²) in [6.45, 7) is 7.82. The lowest BCUT2D eigenvalue weighted by Gasteiger charge is -2.15. The van der Waals surface area contributed by atoms with Crippen LogP contribution in [0.2, 0.25) is 0 Å². The van der Waals surface area contributed by atoms with Crippen molar-refractivity contribution in [3.63, 3.8) is 0 Å². The molecule has 18 heavy (non-hydrogen) atoms. The molecule has 1 heterocycles. The monoisotopic (exact) mass is 257 g/mol. The molecule has 0 aromatic rings. The molecular weight excluding hydrogens is 238 g/mol. The highest BCUT2D eigenvalue weighted by Crippen LogP contribution is 2.04. The van der Waals surface area contributed by atoms with Crippen LogP contribution in [0.25, 0.3) is 0 Å². The molecule has 0 spiro atoms. The van der Waals surface area contributed by atoms with Gasteiger partial charge in [-0.25, -0.2) is 0 Å². The van der Waals surface area contributed by atoms with Gasteiger partial charge in [-0.05, 0) is 13.1 Å². The van der Waals surface area contributed by atoms with E-state index in [0.717, 1.165) is 13.2 Å². The van der Waals surface area contributed by atoms with E-state index in [1.807, 2.05) is 17.3 Å². The molecule has 0 aromatic carbocycles. The molecule has 7 heteroatoms. The lowest BCUT2D eigenvalue weighted by Crippen LogP contribution is -2.32. The molecule has 1 aliphatic heterocycles. The van der Waals surface area contributed by atoms with Gasteiger partial charge in [0.25, 0.3) is 0 Å². The number of carboxylic acid groups (broad SMARTS) is 2. The Morgan fingerprint density at radius 1 is 1.50 bits per heavy atom. The van der Waals surface area contributed by atoms with E-state index >= 15 is 0 Å². The molecule has 0 fully saturated rings. The second-order valence-corrected chi connectivity index (χ2v) is 3.58. The minimum absolute atomic E-state index is 0.532. The Morgan fingerprint density at radius 3 is 2.33 bits per heavy atom. The van der Waals surface area contributed by atoms with Gasteiger partial charge in [0, 0.05) is 18.9 Å². The van der Waals surface area contributed by atoms with Crippen molar-refractivity contribution in [2.24, 2.45) is 5.73 Å². The van der Waals surface area contributed by atoms with E-state index in [2.05, 4.69) is 24.6 Å². The minimum atomic E-state index is -1.29. The topological polar surface area (TPSA) is 107 Å². The van der Waals surface area contributed by atoms with E-state index in [1.165, 1.54) is 0 Å². The second-order valence-electron chi connectivity index (χ2n) is 3.58. The number of nitrogens with two attached hydrogens (primary N) is 1. The minimum Gasteiger partial charge on any atom is -0.481 e. The summed E-state index contributed by atoms with van der Waals surface area (Å²) in [6, 6.07) is -1.29. The van der Waals surface area contributed by atoms with Crippen molar-refractivity contribution in [3.8, 4) is 0 Å². The van der Waals surface area contributed by atoms with Crippen LogP contribution >= 0.6 is 0 Å². The van der Waals surface area contributed by atoms with E-state index < -0.39 is 24.4 Å². The summed E-state index contributed by atoms with van der Waals surface area (Å²) in [7, 11) is 0. The third-order valence-electron chi connectivity index (χ3n) is 2.17. The largest absolute Gasteiger partial charge is 0.481 e. The Morgan fingerprint density at radius 2 is 2.11 bits per heavy atom. The van der Waals surface area contributed by atoms with Gasteiger partial charge in [0.2, 0.25) is 0 Å². The fourth-order valence-electron chi connectivity index (χ4n) is 1.08. The fourth-order valence-corrected chi connectivity index (χ4v) is 1.08. The molecule has 1 atom stereocenters. The van der Waals surface area contributed by atoms with Crippen molar-refractivity contribution in [3.05, 3.63) is 25.2 Å². The third kappa shape index (κ3) is 6.54. The highest BCUT2D eigenvalue weighted by atomic mass is 16.4. The first-order valence-electron chi connectivity index (χ1n) is 5.41. The van der Waals surface area contributed by atoms with Crippen LogP contribution in [0.3, 0.4) is 0 Å². The van der Waals surface area contributed by atoms with Gasteiger partial charge in [-0.15, -0.1) is 0 Å². The molecule has 4 N–H and O–H groups in total. The first kappa shape index (κ1) is 16.0. The van der Waals surface area contributed by atoms with E-state index in [0.29, 0.717) is 0 Å². The number of hydrogen-bond acceptors (Lipinski definition) is 5. The van der Waals surface area contributed by atoms with Crippen molar-refractivity contribution in [2.45, 2.75) is 19.4 Å². The highest BCUT2D eigenvalue weighted by Gasteiger charge is 2.14. The predicted molar refractivity (Wildman–Crippen MR) is 66.3 cm³/mol. The molecule has 0 amide bonds. The molecule has 0 aromatic heterocycles. The highest BCUT2D eigenvalue weighted by molar-refractivity contribution is 5.80. The van der Waals surface area contributed by atoms with Crippen LogP contribution in [0.15, 0.2) is 25.2 Å². The quantitative estimate of drug-likeness (QED) is 0.639. The Balaban J connectivity index is 0.000000321. The zero-order valence-corrected chi connectivity index (χ0v) is 10.3. The van der Waals surface area contributed by atoms with Crippen LogP contribution in [0.5, 0.6) is 0 Å². The summed E-state index contributed by atoms with van der Waals surface area (Å²) in [5.74, 6) is -2.50. The summed E-state index contributed by atoms with van der Waals surface area (Å²) in [5, 5.41) is 16.0. The van der Waals surface area contributed by atoms with Crippen LogP contribution in [0.4, 0.5) is 0 Å². The maximum atomic E-state index is 9.85.